The maximum atomic E-state index is 12.3. The first-order chi connectivity index (χ1) is 10.9. The van der Waals surface area contributed by atoms with Gasteiger partial charge in [0.1, 0.15) is 11.7 Å². The Morgan fingerprint density at radius 3 is 2.48 bits per heavy atom. The first-order valence-electron chi connectivity index (χ1n) is 7.78. The van der Waals surface area contributed by atoms with Gasteiger partial charge in [0.2, 0.25) is 0 Å². The first kappa shape index (κ1) is 16.9. The minimum Gasteiger partial charge on any atom is -0.373 e. The molecule has 7 heteroatoms. The lowest BCUT2D eigenvalue weighted by Gasteiger charge is -2.40. The largest absolute Gasteiger partial charge is 0.373 e. The van der Waals surface area contributed by atoms with Crippen molar-refractivity contribution in [2.75, 3.05) is 19.8 Å². The van der Waals surface area contributed by atoms with Crippen LogP contribution in [-0.4, -0.2) is 46.2 Å². The van der Waals surface area contributed by atoms with Crippen molar-refractivity contribution < 1.29 is 26.8 Å². The van der Waals surface area contributed by atoms with Crippen molar-refractivity contribution in [3.63, 3.8) is 0 Å². The van der Waals surface area contributed by atoms with Crippen molar-refractivity contribution >= 4 is 10.1 Å². The minimum atomic E-state index is -3.80. The monoisotopic (exact) mass is 342 g/mol. The molecule has 128 valence electrons. The number of rotatable bonds is 4. The van der Waals surface area contributed by atoms with E-state index in [2.05, 4.69) is 0 Å². The molecule has 2 saturated heterocycles. The molecule has 0 aliphatic carbocycles. The van der Waals surface area contributed by atoms with Crippen molar-refractivity contribution in [3.05, 3.63) is 29.8 Å². The Kier molecular flexibility index (Phi) is 4.75. The molecule has 2 fully saturated rings. The zero-order chi connectivity index (χ0) is 16.5. The molecule has 2 aliphatic rings. The Hall–Kier alpha value is -0.990. The summed E-state index contributed by atoms with van der Waals surface area (Å²) in [7, 11) is -3.80. The summed E-state index contributed by atoms with van der Waals surface area (Å²) in [6.07, 6.45) is 0.672. The van der Waals surface area contributed by atoms with Gasteiger partial charge in [0.05, 0.1) is 24.7 Å². The molecule has 0 bridgehead atoms. The third-order valence-corrected chi connectivity index (χ3v) is 5.69. The summed E-state index contributed by atoms with van der Waals surface area (Å²) in [6, 6.07) is 6.58. The molecule has 0 radical (unpaired) electrons. The van der Waals surface area contributed by atoms with Crippen molar-refractivity contribution in [2.24, 2.45) is 0 Å². The van der Waals surface area contributed by atoms with E-state index in [1.54, 1.807) is 24.3 Å². The SMILES string of the molecule is Cc1ccc(S(=O)(=O)OC[C@H]2OCC[C@]23CCOC(C)O3)cc1. The van der Waals surface area contributed by atoms with Gasteiger partial charge in [0.15, 0.2) is 6.29 Å². The highest BCUT2D eigenvalue weighted by Gasteiger charge is 2.48. The Labute approximate surface area is 136 Å². The Balaban J connectivity index is 1.68. The Morgan fingerprint density at radius 2 is 1.83 bits per heavy atom. The topological polar surface area (TPSA) is 71.1 Å². The molecule has 0 N–H and O–H groups in total. The molecule has 2 aliphatic heterocycles. The lowest BCUT2D eigenvalue weighted by molar-refractivity contribution is -0.262. The van der Waals surface area contributed by atoms with Crippen LogP contribution < -0.4 is 0 Å². The van der Waals surface area contributed by atoms with E-state index in [1.165, 1.54) is 0 Å². The predicted octanol–water partition coefficient (Wildman–Crippen LogP) is 2.01. The molecule has 1 unspecified atom stereocenters. The van der Waals surface area contributed by atoms with Crippen molar-refractivity contribution in [3.8, 4) is 0 Å². The quantitative estimate of drug-likeness (QED) is 0.780. The van der Waals surface area contributed by atoms with Crippen LogP contribution in [0, 0.1) is 6.92 Å². The summed E-state index contributed by atoms with van der Waals surface area (Å²) in [5.74, 6) is 0. The van der Waals surface area contributed by atoms with E-state index < -0.39 is 21.8 Å². The van der Waals surface area contributed by atoms with Gasteiger partial charge in [-0.15, -0.1) is 0 Å². The fraction of sp³-hybridized carbons (Fsp3) is 0.625. The average Bonchev–Trinajstić information content (AvgIpc) is 2.87. The smallest absolute Gasteiger partial charge is 0.297 e. The molecule has 3 atom stereocenters. The molecule has 6 nitrogen and oxygen atoms in total. The van der Waals surface area contributed by atoms with Crippen LogP contribution in [0.5, 0.6) is 0 Å². The van der Waals surface area contributed by atoms with E-state index >= 15 is 0 Å². The average molecular weight is 342 g/mol. The van der Waals surface area contributed by atoms with Crippen LogP contribution in [0.4, 0.5) is 0 Å². The lowest BCUT2D eigenvalue weighted by atomic mass is 9.91. The lowest BCUT2D eigenvalue weighted by Crippen LogP contribution is -2.50. The second-order valence-corrected chi connectivity index (χ2v) is 7.65. The molecule has 1 spiro atoms. The molecular weight excluding hydrogens is 320 g/mol. The molecule has 1 aromatic carbocycles. The summed E-state index contributed by atoms with van der Waals surface area (Å²) in [6.45, 7) is 4.79. The van der Waals surface area contributed by atoms with E-state index in [0.717, 1.165) is 12.0 Å². The Bertz CT molecular complexity index is 641. The van der Waals surface area contributed by atoms with Gasteiger partial charge >= 0.3 is 0 Å². The van der Waals surface area contributed by atoms with Gasteiger partial charge in [0.25, 0.3) is 10.1 Å². The maximum absolute atomic E-state index is 12.3. The van der Waals surface area contributed by atoms with Crippen LogP contribution >= 0.6 is 0 Å². The number of aryl methyl sites for hydroxylation is 1. The van der Waals surface area contributed by atoms with Crippen LogP contribution in [0.1, 0.15) is 25.3 Å². The van der Waals surface area contributed by atoms with E-state index in [-0.39, 0.29) is 17.8 Å². The molecular formula is C16H22O6S. The van der Waals surface area contributed by atoms with E-state index in [4.69, 9.17) is 18.4 Å². The van der Waals surface area contributed by atoms with Gasteiger partial charge in [-0.3, -0.25) is 4.18 Å². The third kappa shape index (κ3) is 3.59. The van der Waals surface area contributed by atoms with Gasteiger partial charge in [-0.25, -0.2) is 0 Å². The predicted molar refractivity (Wildman–Crippen MR) is 82.5 cm³/mol. The van der Waals surface area contributed by atoms with E-state index in [0.29, 0.717) is 19.6 Å². The molecule has 3 rings (SSSR count). The summed E-state index contributed by atoms with van der Waals surface area (Å²) in [5.41, 5.74) is 0.479. The highest BCUT2D eigenvalue weighted by atomic mass is 32.2. The molecule has 1 aromatic rings. The van der Waals surface area contributed by atoms with Crippen LogP contribution in [0.15, 0.2) is 29.2 Å². The van der Waals surface area contributed by atoms with Crippen LogP contribution in [-0.2, 0) is 28.5 Å². The zero-order valence-corrected chi connectivity index (χ0v) is 14.2. The van der Waals surface area contributed by atoms with Gasteiger partial charge in [-0.2, -0.15) is 8.42 Å². The first-order valence-corrected chi connectivity index (χ1v) is 9.19. The molecule has 2 heterocycles. The summed E-state index contributed by atoms with van der Waals surface area (Å²) in [5, 5.41) is 0. The number of hydrogen-bond acceptors (Lipinski definition) is 6. The highest BCUT2D eigenvalue weighted by Crippen LogP contribution is 2.37. The fourth-order valence-electron chi connectivity index (χ4n) is 3.05. The Morgan fingerprint density at radius 1 is 1.17 bits per heavy atom. The van der Waals surface area contributed by atoms with E-state index in [9.17, 15) is 8.42 Å². The van der Waals surface area contributed by atoms with Gasteiger partial charge in [0, 0.05) is 12.8 Å². The second-order valence-electron chi connectivity index (χ2n) is 6.03. The molecule has 0 aromatic heterocycles. The normalized spacial score (nSPS) is 31.6. The second kappa shape index (κ2) is 6.49. The highest BCUT2D eigenvalue weighted by molar-refractivity contribution is 7.86. The fourth-order valence-corrected chi connectivity index (χ4v) is 3.96. The van der Waals surface area contributed by atoms with Gasteiger partial charge in [-0.05, 0) is 26.0 Å². The van der Waals surface area contributed by atoms with Crippen LogP contribution in [0.25, 0.3) is 0 Å². The van der Waals surface area contributed by atoms with Crippen molar-refractivity contribution in [1.82, 2.24) is 0 Å². The van der Waals surface area contributed by atoms with Gasteiger partial charge < -0.3 is 14.2 Å². The molecule has 23 heavy (non-hydrogen) atoms. The van der Waals surface area contributed by atoms with Crippen molar-refractivity contribution in [1.29, 1.82) is 0 Å². The van der Waals surface area contributed by atoms with Crippen molar-refractivity contribution in [2.45, 2.75) is 49.6 Å². The van der Waals surface area contributed by atoms with Gasteiger partial charge in [-0.1, -0.05) is 17.7 Å². The summed E-state index contributed by atoms with van der Waals surface area (Å²) < 4.78 is 46.8. The van der Waals surface area contributed by atoms with Crippen LogP contribution in [0.2, 0.25) is 0 Å². The summed E-state index contributed by atoms with van der Waals surface area (Å²) >= 11 is 0. The summed E-state index contributed by atoms with van der Waals surface area (Å²) in [4.78, 5) is 0.149. The molecule has 0 amide bonds. The maximum Gasteiger partial charge on any atom is 0.297 e. The zero-order valence-electron chi connectivity index (χ0n) is 13.4. The standard InChI is InChI=1S/C16H22O6S/c1-12-3-5-14(6-4-12)23(17,18)21-11-15-16(8-10-20-15)7-9-19-13(2)22-16/h3-6,13,15H,7-11H2,1-2H3/t13?,15-,16-/m1/s1. The number of benzene rings is 1. The third-order valence-electron chi connectivity index (χ3n) is 4.39. The number of hydrogen-bond donors (Lipinski definition) is 0. The molecule has 0 saturated carbocycles. The van der Waals surface area contributed by atoms with E-state index in [1.807, 2.05) is 13.8 Å². The van der Waals surface area contributed by atoms with Crippen LogP contribution in [0.3, 0.4) is 0 Å². The number of ether oxygens (including phenoxy) is 3. The minimum absolute atomic E-state index is 0.0526.